The molecule has 6 heteroatoms. The molecule has 0 aliphatic heterocycles. The van der Waals surface area contributed by atoms with E-state index in [9.17, 15) is 0 Å². The maximum absolute atomic E-state index is 15.1. The first-order valence-electron chi connectivity index (χ1n) is 11.6. The summed E-state index contributed by atoms with van der Waals surface area (Å²) in [6, 6.07) is 36.5. The molecule has 0 radical (unpaired) electrons. The van der Waals surface area contributed by atoms with Crippen molar-refractivity contribution in [3.05, 3.63) is 165 Å². The van der Waals surface area contributed by atoms with Crippen LogP contribution >= 0.6 is 27.5 Å². The second kappa shape index (κ2) is 10.7. The number of benzene rings is 4. The minimum absolute atomic E-state index is 0.190. The van der Waals surface area contributed by atoms with E-state index >= 15 is 4.39 Å². The Bertz CT molecular complexity index is 1450. The molecule has 0 fully saturated rings. The predicted octanol–water partition coefficient (Wildman–Crippen LogP) is 8.46. The summed E-state index contributed by atoms with van der Waals surface area (Å²) in [5.74, 6) is -0.435. The number of pyridine rings is 1. The summed E-state index contributed by atoms with van der Waals surface area (Å²) < 4.78 is 15.3. The summed E-state index contributed by atoms with van der Waals surface area (Å²) in [5, 5.41) is 13.0. The maximum atomic E-state index is 15.1. The second-order valence-corrected chi connectivity index (χ2v) is 9.77. The van der Waals surface area contributed by atoms with E-state index in [-0.39, 0.29) is 15.3 Å². The van der Waals surface area contributed by atoms with Gasteiger partial charge in [0.15, 0.2) is 0 Å². The van der Waals surface area contributed by atoms with E-state index in [1.165, 1.54) is 6.07 Å². The third-order valence-electron chi connectivity index (χ3n) is 6.29. The lowest BCUT2D eigenvalue weighted by molar-refractivity contribution is 0.620. The molecular formula is C31H22BrClFN3. The standard InChI is InChI=1S/C31H22BrClFN3/c32-26-19-25(30(35)21-16-17-36-29(33)18-21)28(20-27(26)34)37-31(22-10-4-1-5-11-22,23-12-6-2-7-13-23)24-14-8-3-9-15-24/h1-20,35,37H. The Morgan fingerprint density at radius 3 is 1.78 bits per heavy atom. The lowest BCUT2D eigenvalue weighted by Gasteiger charge is -2.38. The highest BCUT2D eigenvalue weighted by molar-refractivity contribution is 9.10. The Labute approximate surface area is 228 Å². The van der Waals surface area contributed by atoms with Gasteiger partial charge in [-0.05, 0) is 56.9 Å². The molecule has 0 bridgehead atoms. The predicted molar refractivity (Wildman–Crippen MR) is 152 cm³/mol. The number of hydrogen-bond acceptors (Lipinski definition) is 3. The molecule has 0 aliphatic rings. The van der Waals surface area contributed by atoms with Crippen molar-refractivity contribution in [3.63, 3.8) is 0 Å². The lowest BCUT2D eigenvalue weighted by atomic mass is 9.76. The first kappa shape index (κ1) is 24.9. The third kappa shape index (κ3) is 4.93. The largest absolute Gasteiger partial charge is 0.367 e. The molecule has 5 rings (SSSR count). The summed E-state index contributed by atoms with van der Waals surface area (Å²) in [4.78, 5) is 4.03. The van der Waals surface area contributed by atoms with Crippen LogP contribution in [0.15, 0.2) is 126 Å². The van der Waals surface area contributed by atoms with Crippen molar-refractivity contribution in [3.8, 4) is 0 Å². The van der Waals surface area contributed by atoms with Crippen LogP contribution < -0.4 is 5.32 Å². The van der Waals surface area contributed by atoms with Gasteiger partial charge in [0.25, 0.3) is 0 Å². The summed E-state index contributed by atoms with van der Waals surface area (Å²) >= 11 is 9.44. The van der Waals surface area contributed by atoms with Crippen LogP contribution in [-0.4, -0.2) is 10.7 Å². The van der Waals surface area contributed by atoms with Crippen molar-refractivity contribution >= 4 is 38.9 Å². The molecular weight excluding hydrogens is 549 g/mol. The molecule has 1 aromatic heterocycles. The number of aromatic nitrogens is 1. The fourth-order valence-electron chi connectivity index (χ4n) is 4.55. The molecule has 0 aliphatic carbocycles. The molecule has 182 valence electrons. The first-order valence-corrected chi connectivity index (χ1v) is 12.8. The Kier molecular flexibility index (Phi) is 7.17. The van der Waals surface area contributed by atoms with Gasteiger partial charge in [0.2, 0.25) is 0 Å². The molecule has 0 spiro atoms. The van der Waals surface area contributed by atoms with Crippen LogP contribution in [0.2, 0.25) is 5.15 Å². The molecule has 5 aromatic rings. The quantitative estimate of drug-likeness (QED) is 0.117. The lowest BCUT2D eigenvalue weighted by Crippen LogP contribution is -2.38. The van der Waals surface area contributed by atoms with Gasteiger partial charge in [-0.2, -0.15) is 0 Å². The van der Waals surface area contributed by atoms with E-state index < -0.39 is 11.4 Å². The van der Waals surface area contributed by atoms with Crippen LogP contribution in [0.1, 0.15) is 27.8 Å². The average Bonchev–Trinajstić information content (AvgIpc) is 2.94. The number of nitrogens with one attached hydrogen (secondary N) is 2. The molecule has 2 N–H and O–H groups in total. The Hall–Kier alpha value is -3.80. The van der Waals surface area contributed by atoms with Crippen molar-refractivity contribution < 1.29 is 4.39 Å². The van der Waals surface area contributed by atoms with Gasteiger partial charge < -0.3 is 5.32 Å². The van der Waals surface area contributed by atoms with Crippen molar-refractivity contribution in [2.75, 3.05) is 5.32 Å². The minimum atomic E-state index is -0.880. The Morgan fingerprint density at radius 2 is 1.30 bits per heavy atom. The number of anilines is 1. The van der Waals surface area contributed by atoms with Gasteiger partial charge in [-0.1, -0.05) is 103 Å². The van der Waals surface area contributed by atoms with E-state index in [1.807, 2.05) is 54.6 Å². The van der Waals surface area contributed by atoms with Crippen molar-refractivity contribution in [2.45, 2.75) is 5.54 Å². The maximum Gasteiger partial charge on any atom is 0.139 e. The zero-order chi connectivity index (χ0) is 25.8. The average molecular weight is 571 g/mol. The monoisotopic (exact) mass is 569 g/mol. The Morgan fingerprint density at radius 1 is 0.784 bits per heavy atom. The normalized spacial score (nSPS) is 11.2. The highest BCUT2D eigenvalue weighted by atomic mass is 79.9. The molecule has 0 atom stereocenters. The van der Waals surface area contributed by atoms with Crippen LogP contribution in [0.3, 0.4) is 0 Å². The van der Waals surface area contributed by atoms with E-state index in [0.29, 0.717) is 16.8 Å². The van der Waals surface area contributed by atoms with Crippen LogP contribution in [0, 0.1) is 11.2 Å². The van der Waals surface area contributed by atoms with Gasteiger partial charge in [0, 0.05) is 23.0 Å². The van der Waals surface area contributed by atoms with Crippen LogP contribution in [0.5, 0.6) is 0 Å². The van der Waals surface area contributed by atoms with Crippen LogP contribution in [0.4, 0.5) is 10.1 Å². The summed E-state index contributed by atoms with van der Waals surface area (Å²) in [6.07, 6.45) is 1.56. The molecule has 4 aromatic carbocycles. The molecule has 1 heterocycles. The molecule has 0 amide bonds. The second-order valence-electron chi connectivity index (χ2n) is 8.53. The summed E-state index contributed by atoms with van der Waals surface area (Å²) in [5.41, 5.74) is 3.79. The first-order chi connectivity index (χ1) is 18.0. The summed E-state index contributed by atoms with van der Waals surface area (Å²) in [6.45, 7) is 0. The highest BCUT2D eigenvalue weighted by Gasteiger charge is 2.37. The van der Waals surface area contributed by atoms with Crippen LogP contribution in [-0.2, 0) is 5.54 Å². The fraction of sp³-hybridized carbons (Fsp3) is 0.0323. The van der Waals surface area contributed by atoms with Crippen LogP contribution in [0.25, 0.3) is 0 Å². The number of nitrogens with zero attached hydrogens (tertiary/aromatic N) is 1. The minimum Gasteiger partial charge on any atom is -0.367 e. The fourth-order valence-corrected chi connectivity index (χ4v) is 5.07. The smallest absolute Gasteiger partial charge is 0.139 e. The van der Waals surface area contributed by atoms with Crippen molar-refractivity contribution in [2.24, 2.45) is 0 Å². The van der Waals surface area contributed by atoms with E-state index in [1.54, 1.807) is 24.4 Å². The number of halogens is 3. The van der Waals surface area contributed by atoms with Gasteiger partial charge >= 0.3 is 0 Å². The van der Waals surface area contributed by atoms with Gasteiger partial charge in [-0.25, -0.2) is 9.37 Å². The molecule has 3 nitrogen and oxygen atoms in total. The van der Waals surface area contributed by atoms with E-state index in [2.05, 4.69) is 62.6 Å². The zero-order valence-electron chi connectivity index (χ0n) is 19.6. The number of hydrogen-bond donors (Lipinski definition) is 2. The summed E-state index contributed by atoms with van der Waals surface area (Å²) in [7, 11) is 0. The molecule has 37 heavy (non-hydrogen) atoms. The Balaban J connectivity index is 1.78. The van der Waals surface area contributed by atoms with Crippen molar-refractivity contribution in [1.82, 2.24) is 4.98 Å². The van der Waals surface area contributed by atoms with Gasteiger partial charge in [0.1, 0.15) is 16.5 Å². The topological polar surface area (TPSA) is 48.8 Å². The molecule has 0 saturated carbocycles. The molecule has 0 unspecified atom stereocenters. The molecule has 0 saturated heterocycles. The third-order valence-corrected chi connectivity index (χ3v) is 7.10. The van der Waals surface area contributed by atoms with E-state index in [0.717, 1.165) is 16.7 Å². The van der Waals surface area contributed by atoms with Gasteiger partial charge in [-0.15, -0.1) is 0 Å². The number of rotatable bonds is 7. The van der Waals surface area contributed by atoms with Crippen molar-refractivity contribution in [1.29, 1.82) is 5.41 Å². The van der Waals surface area contributed by atoms with Gasteiger partial charge in [0.05, 0.1) is 10.2 Å². The van der Waals surface area contributed by atoms with Gasteiger partial charge in [-0.3, -0.25) is 5.41 Å². The van der Waals surface area contributed by atoms with E-state index in [4.69, 9.17) is 17.0 Å². The zero-order valence-corrected chi connectivity index (χ0v) is 22.0. The SMILES string of the molecule is N=C(c1ccnc(Cl)c1)c1cc(Br)c(F)cc1NC(c1ccccc1)(c1ccccc1)c1ccccc1. The highest BCUT2D eigenvalue weighted by Crippen LogP contribution is 2.41.